The summed E-state index contributed by atoms with van der Waals surface area (Å²) in [5.41, 5.74) is 0.882. The molecule has 1 amide bonds. The molecule has 0 aromatic heterocycles. The first kappa shape index (κ1) is 13.5. The predicted octanol–water partition coefficient (Wildman–Crippen LogP) is 2.29. The molecular formula is C13H18FNO2. The molecule has 0 aliphatic carbocycles. The van der Waals surface area contributed by atoms with Gasteiger partial charge < -0.3 is 10.1 Å². The van der Waals surface area contributed by atoms with E-state index in [2.05, 4.69) is 5.32 Å². The number of ether oxygens (including phenoxy) is 1. The van der Waals surface area contributed by atoms with Gasteiger partial charge in [-0.15, -0.1) is 0 Å². The SMILES string of the molecule is CCNC(=O)CCCc1ccc(OC)c(F)c1. The van der Waals surface area contributed by atoms with Crippen LogP contribution >= 0.6 is 0 Å². The van der Waals surface area contributed by atoms with Gasteiger partial charge in [0.15, 0.2) is 11.6 Å². The van der Waals surface area contributed by atoms with Gasteiger partial charge in [0.2, 0.25) is 5.91 Å². The lowest BCUT2D eigenvalue weighted by Gasteiger charge is -2.05. The van der Waals surface area contributed by atoms with Crippen LogP contribution in [0.15, 0.2) is 18.2 Å². The number of hydrogen-bond acceptors (Lipinski definition) is 2. The molecule has 1 N–H and O–H groups in total. The van der Waals surface area contributed by atoms with Crippen molar-refractivity contribution in [1.82, 2.24) is 5.32 Å². The van der Waals surface area contributed by atoms with E-state index in [-0.39, 0.29) is 17.5 Å². The lowest BCUT2D eigenvalue weighted by atomic mass is 10.1. The number of hydrogen-bond donors (Lipinski definition) is 1. The number of amides is 1. The van der Waals surface area contributed by atoms with Crippen LogP contribution in [-0.4, -0.2) is 19.6 Å². The Hall–Kier alpha value is -1.58. The fraction of sp³-hybridized carbons (Fsp3) is 0.462. The third-order valence-electron chi connectivity index (χ3n) is 2.46. The van der Waals surface area contributed by atoms with E-state index in [0.717, 1.165) is 12.0 Å². The third kappa shape index (κ3) is 4.43. The number of benzene rings is 1. The summed E-state index contributed by atoms with van der Waals surface area (Å²) in [6.07, 6.45) is 1.89. The number of carbonyl (C=O) groups excluding carboxylic acids is 1. The fourth-order valence-corrected chi connectivity index (χ4v) is 1.60. The molecular weight excluding hydrogens is 221 g/mol. The zero-order valence-electron chi connectivity index (χ0n) is 10.3. The molecule has 0 radical (unpaired) electrons. The lowest BCUT2D eigenvalue weighted by molar-refractivity contribution is -0.121. The number of halogens is 1. The average molecular weight is 239 g/mol. The number of aryl methyl sites for hydroxylation is 1. The molecule has 1 aromatic rings. The second kappa shape index (κ2) is 6.89. The van der Waals surface area contributed by atoms with Crippen LogP contribution in [0.2, 0.25) is 0 Å². The lowest BCUT2D eigenvalue weighted by Crippen LogP contribution is -2.22. The Morgan fingerprint density at radius 3 is 2.82 bits per heavy atom. The summed E-state index contributed by atoms with van der Waals surface area (Å²) in [5, 5.41) is 2.73. The van der Waals surface area contributed by atoms with Gasteiger partial charge in [0.25, 0.3) is 0 Å². The minimum Gasteiger partial charge on any atom is -0.494 e. The molecule has 0 spiro atoms. The Morgan fingerprint density at radius 1 is 1.47 bits per heavy atom. The van der Waals surface area contributed by atoms with Gasteiger partial charge in [0.1, 0.15) is 0 Å². The monoisotopic (exact) mass is 239 g/mol. The van der Waals surface area contributed by atoms with Crippen molar-refractivity contribution in [2.24, 2.45) is 0 Å². The molecule has 0 saturated heterocycles. The second-order valence-electron chi connectivity index (χ2n) is 3.78. The maximum absolute atomic E-state index is 13.4. The highest BCUT2D eigenvalue weighted by Gasteiger charge is 2.04. The molecule has 0 bridgehead atoms. The first-order valence-electron chi connectivity index (χ1n) is 5.76. The van der Waals surface area contributed by atoms with E-state index in [4.69, 9.17) is 4.74 Å². The Kier molecular flexibility index (Phi) is 5.46. The zero-order chi connectivity index (χ0) is 12.7. The summed E-state index contributed by atoms with van der Waals surface area (Å²) in [5.74, 6) is -0.0676. The minimum absolute atomic E-state index is 0.0430. The van der Waals surface area contributed by atoms with Gasteiger partial charge in [0.05, 0.1) is 7.11 Å². The number of carbonyl (C=O) groups is 1. The number of nitrogens with one attached hydrogen (secondary N) is 1. The summed E-state index contributed by atoms with van der Waals surface area (Å²) >= 11 is 0. The first-order valence-corrected chi connectivity index (χ1v) is 5.76. The van der Waals surface area contributed by atoms with Gasteiger partial charge in [-0.05, 0) is 37.5 Å². The van der Waals surface area contributed by atoms with E-state index in [9.17, 15) is 9.18 Å². The van der Waals surface area contributed by atoms with Gasteiger partial charge in [0, 0.05) is 13.0 Å². The number of rotatable bonds is 6. The number of methoxy groups -OCH3 is 1. The van der Waals surface area contributed by atoms with Crippen molar-refractivity contribution < 1.29 is 13.9 Å². The Labute approximate surface area is 101 Å². The molecule has 0 fully saturated rings. The van der Waals surface area contributed by atoms with Gasteiger partial charge >= 0.3 is 0 Å². The third-order valence-corrected chi connectivity index (χ3v) is 2.46. The van der Waals surface area contributed by atoms with Crippen molar-refractivity contribution in [3.63, 3.8) is 0 Å². The molecule has 17 heavy (non-hydrogen) atoms. The van der Waals surface area contributed by atoms with E-state index in [1.165, 1.54) is 13.2 Å². The Balaban J connectivity index is 2.42. The topological polar surface area (TPSA) is 38.3 Å². The molecule has 0 aliphatic heterocycles. The van der Waals surface area contributed by atoms with Crippen molar-refractivity contribution in [2.45, 2.75) is 26.2 Å². The maximum Gasteiger partial charge on any atom is 0.219 e. The normalized spacial score (nSPS) is 10.1. The highest BCUT2D eigenvalue weighted by molar-refractivity contribution is 5.75. The van der Waals surface area contributed by atoms with Gasteiger partial charge in [-0.2, -0.15) is 0 Å². The van der Waals surface area contributed by atoms with E-state index in [0.29, 0.717) is 19.4 Å². The van der Waals surface area contributed by atoms with Crippen molar-refractivity contribution in [3.05, 3.63) is 29.6 Å². The van der Waals surface area contributed by atoms with E-state index in [1.54, 1.807) is 6.07 Å². The highest BCUT2D eigenvalue weighted by atomic mass is 19.1. The molecule has 94 valence electrons. The maximum atomic E-state index is 13.4. The summed E-state index contributed by atoms with van der Waals surface area (Å²) < 4.78 is 18.2. The molecule has 1 rings (SSSR count). The van der Waals surface area contributed by atoms with Crippen LogP contribution in [0, 0.1) is 5.82 Å². The molecule has 0 atom stereocenters. The molecule has 0 unspecified atom stereocenters. The van der Waals surface area contributed by atoms with Crippen LogP contribution in [0.25, 0.3) is 0 Å². The van der Waals surface area contributed by atoms with Crippen LogP contribution in [0.4, 0.5) is 4.39 Å². The van der Waals surface area contributed by atoms with Crippen molar-refractivity contribution >= 4 is 5.91 Å². The fourth-order valence-electron chi connectivity index (χ4n) is 1.60. The Bertz CT molecular complexity index is 380. The molecule has 0 aliphatic rings. The van der Waals surface area contributed by atoms with Gasteiger partial charge in [-0.3, -0.25) is 4.79 Å². The van der Waals surface area contributed by atoms with Gasteiger partial charge in [-0.1, -0.05) is 6.07 Å². The van der Waals surface area contributed by atoms with Crippen molar-refractivity contribution in [1.29, 1.82) is 0 Å². The summed E-state index contributed by atoms with van der Waals surface area (Å²) in [7, 11) is 1.44. The van der Waals surface area contributed by atoms with Crippen LogP contribution < -0.4 is 10.1 Å². The van der Waals surface area contributed by atoms with Crippen LogP contribution in [0.3, 0.4) is 0 Å². The molecule has 4 heteroatoms. The van der Waals surface area contributed by atoms with Crippen LogP contribution in [0.1, 0.15) is 25.3 Å². The summed E-state index contributed by atoms with van der Waals surface area (Å²) in [6.45, 7) is 2.53. The molecule has 0 saturated carbocycles. The predicted molar refractivity (Wildman–Crippen MR) is 64.6 cm³/mol. The minimum atomic E-state index is -0.358. The summed E-state index contributed by atoms with van der Waals surface area (Å²) in [6, 6.07) is 4.88. The summed E-state index contributed by atoms with van der Waals surface area (Å²) in [4.78, 5) is 11.2. The van der Waals surface area contributed by atoms with Crippen LogP contribution in [0.5, 0.6) is 5.75 Å². The van der Waals surface area contributed by atoms with E-state index >= 15 is 0 Å². The molecule has 1 aromatic carbocycles. The Morgan fingerprint density at radius 2 is 2.24 bits per heavy atom. The first-order chi connectivity index (χ1) is 8.17. The second-order valence-corrected chi connectivity index (χ2v) is 3.78. The quantitative estimate of drug-likeness (QED) is 0.827. The molecule has 3 nitrogen and oxygen atoms in total. The highest BCUT2D eigenvalue weighted by Crippen LogP contribution is 2.18. The molecule has 0 heterocycles. The zero-order valence-corrected chi connectivity index (χ0v) is 10.3. The largest absolute Gasteiger partial charge is 0.494 e. The van der Waals surface area contributed by atoms with E-state index in [1.807, 2.05) is 13.0 Å². The average Bonchev–Trinajstić information content (AvgIpc) is 2.29. The van der Waals surface area contributed by atoms with Crippen LogP contribution in [-0.2, 0) is 11.2 Å². The van der Waals surface area contributed by atoms with Gasteiger partial charge in [-0.25, -0.2) is 4.39 Å². The van der Waals surface area contributed by atoms with Crippen molar-refractivity contribution in [3.8, 4) is 5.75 Å². The standard InChI is InChI=1S/C13H18FNO2/c1-3-15-13(16)6-4-5-10-7-8-12(17-2)11(14)9-10/h7-9H,3-6H2,1-2H3,(H,15,16). The van der Waals surface area contributed by atoms with E-state index < -0.39 is 0 Å². The van der Waals surface area contributed by atoms with Crippen molar-refractivity contribution in [2.75, 3.05) is 13.7 Å². The smallest absolute Gasteiger partial charge is 0.219 e.